The Balaban J connectivity index is 1.34. The number of carbonyl (C=O) groups is 3. The monoisotopic (exact) mass is 400 g/mol. The van der Waals surface area contributed by atoms with Gasteiger partial charge in [-0.05, 0) is 48.9 Å². The van der Waals surface area contributed by atoms with Gasteiger partial charge in [-0.15, -0.1) is 0 Å². The number of hydrogen-bond donors (Lipinski definition) is 3. The highest BCUT2D eigenvalue weighted by Crippen LogP contribution is 2.28. The van der Waals surface area contributed by atoms with Crippen molar-refractivity contribution < 1.29 is 19.1 Å². The lowest BCUT2D eigenvalue weighted by molar-refractivity contribution is -0.136. The van der Waals surface area contributed by atoms with E-state index in [9.17, 15) is 14.4 Å². The average Bonchev–Trinajstić information content (AvgIpc) is 3.04. The van der Waals surface area contributed by atoms with Crippen LogP contribution in [0.15, 0.2) is 18.2 Å². The second-order valence-corrected chi connectivity index (χ2v) is 8.14. The summed E-state index contributed by atoms with van der Waals surface area (Å²) >= 11 is 0. The maximum absolute atomic E-state index is 12.9. The number of imide groups is 1. The van der Waals surface area contributed by atoms with Crippen molar-refractivity contribution in [3.05, 3.63) is 34.9 Å². The van der Waals surface area contributed by atoms with Crippen LogP contribution in [0.5, 0.6) is 0 Å². The van der Waals surface area contributed by atoms with Gasteiger partial charge in [-0.2, -0.15) is 0 Å². The molecule has 0 aromatic heterocycles. The first-order chi connectivity index (χ1) is 14.0. The van der Waals surface area contributed by atoms with Crippen LogP contribution >= 0.6 is 0 Å². The summed E-state index contributed by atoms with van der Waals surface area (Å²) in [6.07, 6.45) is 2.82. The Morgan fingerprint density at radius 1 is 1.24 bits per heavy atom. The number of amides is 3. The molecule has 0 radical (unpaired) electrons. The van der Waals surface area contributed by atoms with Crippen molar-refractivity contribution in [3.8, 4) is 0 Å². The van der Waals surface area contributed by atoms with Crippen molar-refractivity contribution in [3.63, 3.8) is 0 Å². The normalized spacial score (nSPS) is 27.1. The predicted octanol–water partition coefficient (Wildman–Crippen LogP) is 0.291. The molecule has 0 spiro atoms. The van der Waals surface area contributed by atoms with Gasteiger partial charge in [0.25, 0.3) is 5.91 Å². The van der Waals surface area contributed by atoms with Gasteiger partial charge in [0.15, 0.2) is 0 Å². The summed E-state index contributed by atoms with van der Waals surface area (Å²) < 4.78 is 5.62. The minimum absolute atomic E-state index is 0.133. The summed E-state index contributed by atoms with van der Waals surface area (Å²) in [5, 5.41) is 5.82. The summed E-state index contributed by atoms with van der Waals surface area (Å²) in [5.41, 5.74) is 8.34. The zero-order valence-electron chi connectivity index (χ0n) is 16.5. The molecular formula is C21H28N4O4. The second-order valence-electron chi connectivity index (χ2n) is 8.14. The Hall–Kier alpha value is -2.29. The highest BCUT2D eigenvalue weighted by atomic mass is 16.5. The number of nitrogens with zero attached hydrogens (tertiary/aromatic N) is 1. The topological polar surface area (TPSA) is 114 Å². The molecule has 0 aliphatic carbocycles. The molecule has 29 heavy (non-hydrogen) atoms. The molecule has 2 fully saturated rings. The van der Waals surface area contributed by atoms with Gasteiger partial charge in [0.1, 0.15) is 6.04 Å². The van der Waals surface area contributed by atoms with Gasteiger partial charge in [0.2, 0.25) is 11.8 Å². The Bertz CT molecular complexity index is 812. The standard InChI is InChI=1S/C21H28N4O4/c22-9-16-7-14(5-6-29-16)11-23-10-13-1-2-15-12-25(21(28)17(15)8-13)18-3-4-19(26)24-20(18)27/h1-2,8,14,16,18,23H,3-7,9-12,22H2,(H,24,26,27). The summed E-state index contributed by atoms with van der Waals surface area (Å²) in [4.78, 5) is 38.0. The fourth-order valence-electron chi connectivity index (χ4n) is 4.44. The Morgan fingerprint density at radius 2 is 2.10 bits per heavy atom. The minimum Gasteiger partial charge on any atom is -0.377 e. The second kappa shape index (κ2) is 8.61. The fraction of sp³-hybridized carbons (Fsp3) is 0.571. The molecular weight excluding hydrogens is 372 g/mol. The third-order valence-electron chi connectivity index (χ3n) is 6.09. The molecule has 4 N–H and O–H groups in total. The lowest BCUT2D eigenvalue weighted by atomic mass is 9.95. The van der Waals surface area contributed by atoms with E-state index in [1.807, 2.05) is 18.2 Å². The molecule has 1 aromatic rings. The average molecular weight is 400 g/mol. The van der Waals surface area contributed by atoms with E-state index < -0.39 is 6.04 Å². The van der Waals surface area contributed by atoms with Crippen LogP contribution in [-0.4, -0.2) is 54.5 Å². The predicted molar refractivity (Wildman–Crippen MR) is 106 cm³/mol. The number of piperidine rings is 1. The molecule has 3 atom stereocenters. The molecule has 8 nitrogen and oxygen atoms in total. The number of benzene rings is 1. The zero-order chi connectivity index (χ0) is 20.4. The van der Waals surface area contributed by atoms with Crippen LogP contribution in [0, 0.1) is 5.92 Å². The van der Waals surface area contributed by atoms with Crippen molar-refractivity contribution in [2.24, 2.45) is 11.7 Å². The van der Waals surface area contributed by atoms with E-state index >= 15 is 0 Å². The van der Waals surface area contributed by atoms with Crippen molar-refractivity contribution in [1.29, 1.82) is 0 Å². The van der Waals surface area contributed by atoms with Crippen LogP contribution in [0.1, 0.15) is 47.2 Å². The quantitative estimate of drug-likeness (QED) is 0.592. The lowest BCUT2D eigenvalue weighted by Crippen LogP contribution is -2.52. The SMILES string of the molecule is NCC1CC(CNCc2ccc3c(c2)C(=O)N(C2CCC(=O)NC2=O)C3)CCO1. The molecule has 1 aromatic carbocycles. The van der Waals surface area contributed by atoms with Crippen LogP contribution in [0.3, 0.4) is 0 Å². The number of nitrogens with two attached hydrogens (primary N) is 1. The van der Waals surface area contributed by atoms with E-state index in [0.717, 1.165) is 37.1 Å². The molecule has 4 rings (SSSR count). The molecule has 156 valence electrons. The molecule has 3 aliphatic heterocycles. The van der Waals surface area contributed by atoms with Gasteiger partial charge in [0.05, 0.1) is 6.10 Å². The van der Waals surface area contributed by atoms with Crippen molar-refractivity contribution in [1.82, 2.24) is 15.5 Å². The molecule has 0 saturated carbocycles. The molecule has 3 heterocycles. The molecule has 3 unspecified atom stereocenters. The zero-order valence-corrected chi connectivity index (χ0v) is 16.5. The number of hydrogen-bond acceptors (Lipinski definition) is 6. The molecule has 2 saturated heterocycles. The Labute approximate surface area is 170 Å². The number of nitrogens with one attached hydrogen (secondary N) is 2. The van der Waals surface area contributed by atoms with Crippen molar-refractivity contribution in [2.45, 2.75) is 50.9 Å². The fourth-order valence-corrected chi connectivity index (χ4v) is 4.44. The Kier molecular flexibility index (Phi) is 5.94. The maximum atomic E-state index is 12.9. The highest BCUT2D eigenvalue weighted by Gasteiger charge is 2.39. The van der Waals surface area contributed by atoms with Gasteiger partial charge < -0.3 is 20.7 Å². The van der Waals surface area contributed by atoms with E-state index in [0.29, 0.717) is 37.5 Å². The largest absolute Gasteiger partial charge is 0.377 e. The first-order valence-corrected chi connectivity index (χ1v) is 10.3. The lowest BCUT2D eigenvalue weighted by Gasteiger charge is -2.29. The Morgan fingerprint density at radius 3 is 2.90 bits per heavy atom. The third-order valence-corrected chi connectivity index (χ3v) is 6.09. The van der Waals surface area contributed by atoms with Crippen LogP contribution < -0.4 is 16.4 Å². The highest BCUT2D eigenvalue weighted by molar-refractivity contribution is 6.05. The van der Waals surface area contributed by atoms with Crippen LogP contribution in [0.4, 0.5) is 0 Å². The smallest absolute Gasteiger partial charge is 0.255 e. The number of fused-ring (bicyclic) bond motifs is 1. The van der Waals surface area contributed by atoms with Gasteiger partial charge >= 0.3 is 0 Å². The van der Waals surface area contributed by atoms with E-state index in [4.69, 9.17) is 10.5 Å². The number of carbonyl (C=O) groups excluding carboxylic acids is 3. The van der Waals surface area contributed by atoms with E-state index in [-0.39, 0.29) is 30.2 Å². The minimum atomic E-state index is -0.571. The van der Waals surface area contributed by atoms with E-state index in [2.05, 4.69) is 10.6 Å². The van der Waals surface area contributed by atoms with Crippen molar-refractivity contribution in [2.75, 3.05) is 19.7 Å². The van der Waals surface area contributed by atoms with E-state index in [1.165, 1.54) is 0 Å². The third kappa shape index (κ3) is 4.34. The first kappa shape index (κ1) is 20.0. The van der Waals surface area contributed by atoms with Gasteiger partial charge in [-0.25, -0.2) is 0 Å². The van der Waals surface area contributed by atoms with Crippen LogP contribution in [0.25, 0.3) is 0 Å². The molecule has 0 bridgehead atoms. The van der Waals surface area contributed by atoms with Gasteiger partial charge in [-0.1, -0.05) is 12.1 Å². The molecule has 3 aliphatic rings. The summed E-state index contributed by atoms with van der Waals surface area (Å²) in [6, 6.07) is 5.34. The molecule has 3 amide bonds. The molecule has 8 heteroatoms. The van der Waals surface area contributed by atoms with E-state index in [1.54, 1.807) is 4.90 Å². The number of ether oxygens (including phenoxy) is 1. The van der Waals surface area contributed by atoms with Crippen LogP contribution in [-0.2, 0) is 27.4 Å². The first-order valence-electron chi connectivity index (χ1n) is 10.3. The summed E-state index contributed by atoms with van der Waals surface area (Å²) in [6.45, 7) is 3.32. The van der Waals surface area contributed by atoms with Gasteiger partial charge in [0, 0.05) is 38.2 Å². The van der Waals surface area contributed by atoms with Gasteiger partial charge in [-0.3, -0.25) is 19.7 Å². The van der Waals surface area contributed by atoms with Crippen LogP contribution in [0.2, 0.25) is 0 Å². The summed E-state index contributed by atoms with van der Waals surface area (Å²) in [5.74, 6) is -0.231. The summed E-state index contributed by atoms with van der Waals surface area (Å²) in [7, 11) is 0. The maximum Gasteiger partial charge on any atom is 0.255 e. The van der Waals surface area contributed by atoms with Crippen molar-refractivity contribution >= 4 is 17.7 Å². The number of rotatable bonds is 6.